The number of nitrogens with one attached hydrogen (secondary N) is 1. The summed E-state index contributed by atoms with van der Waals surface area (Å²) >= 11 is 1.40. The zero-order valence-electron chi connectivity index (χ0n) is 37.3. The van der Waals surface area contributed by atoms with Crippen LogP contribution in [0.15, 0.2) is 86.2 Å². The number of carboxylic acids is 1. The lowest BCUT2D eigenvalue weighted by atomic mass is 9.94. The topological polar surface area (TPSA) is 207 Å². The lowest BCUT2D eigenvalue weighted by Gasteiger charge is -2.36. The minimum absolute atomic E-state index is 0.101. The minimum Gasteiger partial charge on any atom is -0.479 e. The molecule has 1 saturated heterocycles. The van der Waals surface area contributed by atoms with E-state index in [1.807, 2.05) is 48.5 Å². The number of carbonyl (C=O) groups excluding carboxylic acids is 4. The number of thiazole rings is 1. The fraction of sp³-hybridized carbons (Fsp3) is 0.417. The summed E-state index contributed by atoms with van der Waals surface area (Å²) in [4.78, 5) is 97.0. The van der Waals surface area contributed by atoms with E-state index in [1.54, 1.807) is 40.7 Å². The quantitative estimate of drug-likeness (QED) is 0.0674. The number of unbranched alkanes of at least 4 members (excludes halogenated alkanes) is 3. The summed E-state index contributed by atoms with van der Waals surface area (Å²) < 4.78 is 13.4. The second-order valence-corrected chi connectivity index (χ2v) is 18.5. The van der Waals surface area contributed by atoms with Gasteiger partial charge < -0.3 is 24.8 Å². The van der Waals surface area contributed by atoms with Crippen LogP contribution in [0.5, 0.6) is 5.88 Å². The number of likely N-dealkylation sites (tertiary alicyclic amines) is 1. The lowest BCUT2D eigenvalue weighted by Crippen LogP contribution is -2.61. The summed E-state index contributed by atoms with van der Waals surface area (Å²) in [5, 5.41) is 14.3. The van der Waals surface area contributed by atoms with Gasteiger partial charge in [-0.1, -0.05) is 56.2 Å². The van der Waals surface area contributed by atoms with Gasteiger partial charge in [0.1, 0.15) is 34.6 Å². The van der Waals surface area contributed by atoms with Crippen LogP contribution in [-0.2, 0) is 19.1 Å². The Labute approximate surface area is 381 Å². The van der Waals surface area contributed by atoms with Gasteiger partial charge in [0.15, 0.2) is 11.2 Å². The second kappa shape index (κ2) is 18.8. The van der Waals surface area contributed by atoms with Crippen molar-refractivity contribution in [2.24, 2.45) is 5.41 Å². The van der Waals surface area contributed by atoms with Gasteiger partial charge in [-0.3, -0.25) is 14.4 Å². The predicted molar refractivity (Wildman–Crippen MR) is 245 cm³/mol. The van der Waals surface area contributed by atoms with Crippen molar-refractivity contribution in [3.8, 4) is 16.6 Å². The molecule has 0 radical (unpaired) electrons. The summed E-state index contributed by atoms with van der Waals surface area (Å²) in [6, 6.07) is 12.3. The summed E-state index contributed by atoms with van der Waals surface area (Å²) in [6.45, 7) is 15.8. The molecule has 4 amide bonds. The number of carboxylic acid groups (broad SMARTS) is 1. The van der Waals surface area contributed by atoms with E-state index in [0.717, 1.165) is 29.5 Å². The summed E-state index contributed by atoms with van der Waals surface area (Å²) in [5.74, 6) is -3.07. The van der Waals surface area contributed by atoms with Gasteiger partial charge in [-0.2, -0.15) is 0 Å². The van der Waals surface area contributed by atoms with Crippen LogP contribution in [0, 0.1) is 12.3 Å². The molecule has 17 heteroatoms. The number of rotatable bonds is 17. The normalized spacial score (nSPS) is 20.8. The van der Waals surface area contributed by atoms with Crippen molar-refractivity contribution >= 4 is 62.4 Å². The summed E-state index contributed by atoms with van der Waals surface area (Å²) in [5.41, 5.74) is -2.03. The third kappa shape index (κ3) is 9.46. The molecule has 340 valence electrons. The maximum atomic E-state index is 15.4. The maximum absolute atomic E-state index is 15.4. The number of carbonyl (C=O) groups is 5. The van der Waals surface area contributed by atoms with Crippen LogP contribution in [0.4, 0.5) is 4.79 Å². The van der Waals surface area contributed by atoms with Gasteiger partial charge >= 0.3 is 12.1 Å². The van der Waals surface area contributed by atoms with Gasteiger partial charge in [0.2, 0.25) is 11.8 Å². The molecule has 7 rings (SSSR count). The Bertz CT molecular complexity index is 2610. The molecule has 5 atom stereocenters. The zero-order valence-corrected chi connectivity index (χ0v) is 38.1. The van der Waals surface area contributed by atoms with Crippen LogP contribution in [0.1, 0.15) is 95.2 Å². The number of amides is 4. The SMILES string of the molecule is C=CCCCCCC(NC(=O)c1cnc(C)nc1)C(=O)N1C[C@H](Oc2nc3ccccc3nc2-c2nc3ccccc3s2)C[C@H]1C(=O)N(C(=O)OC(C)(C)C)[C@]1(C(=O)O)C[C@]1(C=C)CC. The molecule has 2 N–H and O–H groups in total. The van der Waals surface area contributed by atoms with Gasteiger partial charge in [0.25, 0.3) is 11.8 Å². The fourth-order valence-electron chi connectivity index (χ4n) is 8.51. The van der Waals surface area contributed by atoms with Crippen molar-refractivity contribution < 1.29 is 38.6 Å². The van der Waals surface area contributed by atoms with Crippen molar-refractivity contribution in [1.29, 1.82) is 0 Å². The third-order valence-electron chi connectivity index (χ3n) is 12.0. The van der Waals surface area contributed by atoms with Crippen molar-refractivity contribution in [3.63, 3.8) is 0 Å². The van der Waals surface area contributed by atoms with Gasteiger partial charge in [-0.15, -0.1) is 24.5 Å². The smallest absolute Gasteiger partial charge is 0.418 e. The molecular weight excluding hydrogens is 849 g/mol. The summed E-state index contributed by atoms with van der Waals surface area (Å²) in [6.07, 6.45) is 6.84. The highest BCUT2D eigenvalue weighted by molar-refractivity contribution is 7.21. The Kier molecular flexibility index (Phi) is 13.4. The lowest BCUT2D eigenvalue weighted by molar-refractivity contribution is -0.156. The second-order valence-electron chi connectivity index (χ2n) is 17.5. The molecule has 2 aromatic carbocycles. The number of aromatic nitrogens is 5. The Hall–Kier alpha value is -6.62. The monoisotopic (exact) mass is 902 g/mol. The number of aliphatic carboxylic acids is 1. The standard InChI is InChI=1S/C48H54N8O8S/c1-8-11-12-13-14-22-35(52-39(57)30-25-49-29(4)50-26-30)42(58)55-27-31(24-36(55)43(59)56(45(62)64-46(5,6)7)48(44(60)61)28-47(48,9-2)10-3)63-40-38(51-32-19-15-16-20-33(32)53-40)41-54-34-21-17-18-23-37(34)65-41/h8-9,15-21,23,25-26,31,35-36H,1-2,10-14,22,24,27-28H2,3-7H3,(H,52,57)(H,60,61)/t31-,35?,36+,47+,48+/m1/s1. The van der Waals surface area contributed by atoms with Crippen molar-refractivity contribution in [1.82, 2.24) is 40.0 Å². The van der Waals surface area contributed by atoms with Gasteiger partial charge in [0.05, 0.1) is 33.4 Å². The van der Waals surface area contributed by atoms with E-state index in [2.05, 4.69) is 28.4 Å². The average Bonchev–Trinajstić information content (AvgIpc) is 3.50. The van der Waals surface area contributed by atoms with Crippen LogP contribution >= 0.6 is 11.3 Å². The highest BCUT2D eigenvalue weighted by Crippen LogP contribution is 2.63. The molecule has 1 aliphatic heterocycles. The van der Waals surface area contributed by atoms with Gasteiger partial charge in [-0.25, -0.2) is 39.4 Å². The Balaban J connectivity index is 1.31. The molecule has 2 fully saturated rings. The van der Waals surface area contributed by atoms with Crippen LogP contribution in [-0.4, -0.2) is 105 Å². The van der Waals surface area contributed by atoms with E-state index >= 15 is 9.59 Å². The molecule has 16 nitrogen and oxygen atoms in total. The first kappa shape index (κ1) is 46.4. The van der Waals surface area contributed by atoms with E-state index in [9.17, 15) is 19.5 Å². The molecule has 4 heterocycles. The third-order valence-corrected chi connectivity index (χ3v) is 13.1. The van der Waals surface area contributed by atoms with E-state index in [-0.39, 0.29) is 43.7 Å². The van der Waals surface area contributed by atoms with Crippen LogP contribution in [0.25, 0.3) is 32.0 Å². The van der Waals surface area contributed by atoms with Crippen LogP contribution in [0.3, 0.4) is 0 Å². The number of para-hydroxylation sites is 3. The van der Waals surface area contributed by atoms with Crippen LogP contribution < -0.4 is 10.1 Å². The number of hydrogen-bond donors (Lipinski definition) is 2. The Morgan fingerprint density at radius 3 is 2.28 bits per heavy atom. The molecule has 1 saturated carbocycles. The van der Waals surface area contributed by atoms with E-state index in [0.29, 0.717) is 38.9 Å². The van der Waals surface area contributed by atoms with Gasteiger partial charge in [0, 0.05) is 24.2 Å². The van der Waals surface area contributed by atoms with Crippen molar-refractivity contribution in [3.05, 3.63) is 97.6 Å². The van der Waals surface area contributed by atoms with Crippen LogP contribution in [0.2, 0.25) is 0 Å². The molecule has 1 unspecified atom stereocenters. The fourth-order valence-corrected chi connectivity index (χ4v) is 9.46. The van der Waals surface area contributed by atoms with Crippen molar-refractivity contribution in [2.45, 2.75) is 115 Å². The maximum Gasteiger partial charge on any atom is 0.418 e. The Morgan fingerprint density at radius 1 is 0.985 bits per heavy atom. The molecule has 2 aliphatic rings. The highest BCUT2D eigenvalue weighted by atomic mass is 32.1. The average molecular weight is 903 g/mol. The number of benzene rings is 2. The molecule has 5 aromatic rings. The van der Waals surface area contributed by atoms with Crippen molar-refractivity contribution in [2.75, 3.05) is 6.54 Å². The number of aryl methyl sites for hydroxylation is 1. The molecule has 0 spiro atoms. The van der Waals surface area contributed by atoms with E-state index in [1.165, 1.54) is 34.7 Å². The molecule has 0 bridgehead atoms. The molecule has 1 aliphatic carbocycles. The predicted octanol–water partition coefficient (Wildman–Crippen LogP) is 7.86. The number of ether oxygens (including phenoxy) is 2. The largest absolute Gasteiger partial charge is 0.479 e. The first-order valence-corrected chi connectivity index (χ1v) is 22.6. The number of allylic oxidation sites excluding steroid dienone is 1. The Morgan fingerprint density at radius 2 is 1.66 bits per heavy atom. The molecular formula is C48H54N8O8S. The zero-order chi connectivity index (χ0) is 46.7. The molecule has 3 aromatic heterocycles. The number of nitrogens with zero attached hydrogens (tertiary/aromatic N) is 7. The molecule has 65 heavy (non-hydrogen) atoms. The highest BCUT2D eigenvalue weighted by Gasteiger charge is 2.76. The minimum atomic E-state index is -2.06. The number of hydrogen-bond acceptors (Lipinski definition) is 13. The first-order valence-electron chi connectivity index (χ1n) is 21.8. The van der Waals surface area contributed by atoms with E-state index < -0.39 is 64.5 Å². The summed E-state index contributed by atoms with van der Waals surface area (Å²) in [7, 11) is 0. The first-order chi connectivity index (χ1) is 31.0. The van der Waals surface area contributed by atoms with Gasteiger partial charge in [-0.05, 0) is 84.1 Å². The number of fused-ring (bicyclic) bond motifs is 2. The van der Waals surface area contributed by atoms with E-state index in [4.69, 9.17) is 24.4 Å². The number of imide groups is 1.